The Morgan fingerprint density at radius 2 is 2.11 bits per heavy atom. The number of thioether (sulfide) groups is 1. The quantitative estimate of drug-likeness (QED) is 0.407. The molecule has 1 aromatic carbocycles. The van der Waals surface area contributed by atoms with Gasteiger partial charge < -0.3 is 4.42 Å². The first-order valence-electron chi connectivity index (χ1n) is 8.59. The maximum Gasteiger partial charge on any atom is 0.293 e. The number of fused-ring (bicyclic) bond motifs is 1. The van der Waals surface area contributed by atoms with E-state index in [1.54, 1.807) is 23.1 Å². The van der Waals surface area contributed by atoms with E-state index < -0.39 is 0 Å². The monoisotopic (exact) mass is 413 g/mol. The van der Waals surface area contributed by atoms with Crippen LogP contribution in [0.4, 0.5) is 5.13 Å². The molecule has 0 radical (unpaired) electrons. The Labute approximate surface area is 167 Å². The predicted molar refractivity (Wildman–Crippen MR) is 110 cm³/mol. The summed E-state index contributed by atoms with van der Waals surface area (Å²) in [5.74, 6) is 1.27. The average Bonchev–Trinajstić information content (AvgIpc) is 3.09. The summed E-state index contributed by atoms with van der Waals surface area (Å²) in [5, 5.41) is 15.7. The van der Waals surface area contributed by atoms with Crippen molar-refractivity contribution in [1.29, 1.82) is 0 Å². The second kappa shape index (κ2) is 7.10. The summed E-state index contributed by atoms with van der Waals surface area (Å²) < 4.78 is 7.12. The molecule has 1 fully saturated rings. The molecule has 5 nitrogen and oxygen atoms in total. The number of anilines is 1. The van der Waals surface area contributed by atoms with Crippen LogP contribution in [0.2, 0.25) is 0 Å². The summed E-state index contributed by atoms with van der Waals surface area (Å²) in [7, 11) is 0. The molecule has 1 amide bonds. The minimum Gasteiger partial charge on any atom is -0.451 e. The molecule has 1 saturated carbocycles. The van der Waals surface area contributed by atoms with Crippen LogP contribution in [0.25, 0.3) is 11.0 Å². The van der Waals surface area contributed by atoms with E-state index in [9.17, 15) is 4.79 Å². The van der Waals surface area contributed by atoms with E-state index in [1.807, 2.05) is 30.3 Å². The number of amides is 1. The molecule has 1 aliphatic carbocycles. The maximum atomic E-state index is 12.9. The fourth-order valence-corrected chi connectivity index (χ4v) is 5.57. The van der Waals surface area contributed by atoms with Crippen molar-refractivity contribution in [3.8, 4) is 0 Å². The average molecular weight is 414 g/mol. The largest absolute Gasteiger partial charge is 0.451 e. The highest BCUT2D eigenvalue weighted by Gasteiger charge is 2.28. The molecule has 3 aromatic heterocycles. The molecule has 3 heterocycles. The van der Waals surface area contributed by atoms with Crippen molar-refractivity contribution in [3.05, 3.63) is 58.1 Å². The summed E-state index contributed by atoms with van der Waals surface area (Å²) in [6.45, 7) is 0. The van der Waals surface area contributed by atoms with Gasteiger partial charge in [0.1, 0.15) is 10.6 Å². The summed E-state index contributed by atoms with van der Waals surface area (Å²) in [4.78, 5) is 12.9. The molecule has 0 saturated heterocycles. The van der Waals surface area contributed by atoms with Gasteiger partial charge in [-0.15, -0.1) is 33.3 Å². The van der Waals surface area contributed by atoms with Gasteiger partial charge in [0.05, 0.1) is 4.21 Å². The van der Waals surface area contributed by atoms with Gasteiger partial charge in [-0.2, -0.15) is 0 Å². The first-order chi connectivity index (χ1) is 13.3. The van der Waals surface area contributed by atoms with Crippen LogP contribution in [-0.2, 0) is 5.75 Å². The normalized spacial score (nSPS) is 13.9. The number of nitrogens with one attached hydrogen (secondary N) is 1. The van der Waals surface area contributed by atoms with E-state index in [-0.39, 0.29) is 5.91 Å². The van der Waals surface area contributed by atoms with Gasteiger partial charge in [0.25, 0.3) is 5.91 Å². The number of hydrogen-bond acceptors (Lipinski definition) is 7. The predicted octanol–water partition coefficient (Wildman–Crippen LogP) is 5.77. The van der Waals surface area contributed by atoms with E-state index in [4.69, 9.17) is 4.42 Å². The lowest BCUT2D eigenvalue weighted by atomic mass is 10.1. The van der Waals surface area contributed by atoms with Crippen molar-refractivity contribution < 1.29 is 9.21 Å². The van der Waals surface area contributed by atoms with Gasteiger partial charge in [0, 0.05) is 22.6 Å². The van der Waals surface area contributed by atoms with E-state index in [0.717, 1.165) is 34.4 Å². The highest BCUT2D eigenvalue weighted by molar-refractivity contribution is 8.00. The summed E-state index contributed by atoms with van der Waals surface area (Å²) in [5.41, 5.74) is 1.63. The molecule has 8 heteroatoms. The highest BCUT2D eigenvalue weighted by atomic mass is 32.2. The minimum atomic E-state index is -0.272. The Balaban J connectivity index is 1.43. The smallest absolute Gasteiger partial charge is 0.293 e. The Kier molecular flexibility index (Phi) is 4.47. The molecule has 0 spiro atoms. The number of furan rings is 1. The number of benzene rings is 1. The number of carbonyl (C=O) groups excluding carboxylic acids is 1. The fraction of sp³-hybridized carbons (Fsp3) is 0.211. The van der Waals surface area contributed by atoms with Crippen LogP contribution < -0.4 is 5.32 Å². The molecule has 4 aromatic rings. The zero-order valence-electron chi connectivity index (χ0n) is 14.2. The van der Waals surface area contributed by atoms with Crippen molar-refractivity contribution in [3.63, 3.8) is 0 Å². The third kappa shape index (κ3) is 3.52. The molecular formula is C19H15N3O2S3. The SMILES string of the molecule is O=C(Nc1nnc(C2CC2)s1)c1oc2ccccc2c1CSc1cccs1. The molecule has 5 rings (SSSR count). The van der Waals surface area contributed by atoms with E-state index in [2.05, 4.69) is 27.0 Å². The molecule has 0 bridgehead atoms. The Morgan fingerprint density at radius 3 is 2.93 bits per heavy atom. The number of rotatable bonds is 6. The minimum absolute atomic E-state index is 0.272. The standard InChI is InChI=1S/C19H15N3O2S3/c23-17(20-19-22-21-18(27-19)11-7-8-11)16-13(10-26-15-6-3-9-25-15)12-4-1-2-5-14(12)24-16/h1-6,9,11H,7-8,10H2,(H,20,22,23). The summed E-state index contributed by atoms with van der Waals surface area (Å²) >= 11 is 4.85. The Morgan fingerprint density at radius 1 is 1.22 bits per heavy atom. The van der Waals surface area contributed by atoms with Crippen LogP contribution in [0.5, 0.6) is 0 Å². The Hall–Kier alpha value is -2.16. The number of nitrogens with zero attached hydrogens (tertiary/aromatic N) is 2. The van der Waals surface area contributed by atoms with Gasteiger partial charge in [-0.25, -0.2) is 0 Å². The van der Waals surface area contributed by atoms with Crippen LogP contribution >= 0.6 is 34.4 Å². The highest BCUT2D eigenvalue weighted by Crippen LogP contribution is 2.42. The van der Waals surface area contributed by atoms with Gasteiger partial charge in [0.15, 0.2) is 5.76 Å². The van der Waals surface area contributed by atoms with Crippen molar-refractivity contribution in [2.75, 3.05) is 5.32 Å². The van der Waals surface area contributed by atoms with E-state index in [0.29, 0.717) is 22.6 Å². The second-order valence-corrected chi connectivity index (χ2v) is 9.53. The molecule has 0 unspecified atom stereocenters. The fourth-order valence-electron chi connectivity index (χ4n) is 2.85. The molecule has 0 atom stereocenters. The molecular weight excluding hydrogens is 398 g/mol. The van der Waals surface area contributed by atoms with Crippen molar-refractivity contribution in [2.45, 2.75) is 28.7 Å². The number of aromatic nitrogens is 2. The first kappa shape index (κ1) is 17.0. The molecule has 1 N–H and O–H groups in total. The molecule has 1 aliphatic rings. The molecule has 0 aliphatic heterocycles. The van der Waals surface area contributed by atoms with E-state index in [1.165, 1.54) is 15.5 Å². The number of hydrogen-bond donors (Lipinski definition) is 1. The van der Waals surface area contributed by atoms with Gasteiger partial charge >= 0.3 is 0 Å². The lowest BCUT2D eigenvalue weighted by Gasteiger charge is -2.02. The lowest BCUT2D eigenvalue weighted by Crippen LogP contribution is -2.12. The summed E-state index contributed by atoms with van der Waals surface area (Å²) in [6.07, 6.45) is 2.33. The summed E-state index contributed by atoms with van der Waals surface area (Å²) in [6, 6.07) is 11.9. The number of thiophene rings is 1. The molecule has 136 valence electrons. The molecule has 27 heavy (non-hydrogen) atoms. The van der Waals surface area contributed by atoms with Gasteiger partial charge in [-0.1, -0.05) is 35.6 Å². The van der Waals surface area contributed by atoms with Crippen LogP contribution in [0, 0.1) is 0 Å². The van der Waals surface area contributed by atoms with Gasteiger partial charge in [-0.05, 0) is 30.4 Å². The zero-order chi connectivity index (χ0) is 18.2. The Bertz CT molecular complexity index is 1100. The van der Waals surface area contributed by atoms with Crippen LogP contribution in [0.3, 0.4) is 0 Å². The maximum absolute atomic E-state index is 12.9. The lowest BCUT2D eigenvalue weighted by molar-refractivity contribution is 0.0997. The van der Waals surface area contributed by atoms with Crippen LogP contribution in [0.15, 0.2) is 50.4 Å². The van der Waals surface area contributed by atoms with Crippen molar-refractivity contribution in [2.24, 2.45) is 0 Å². The van der Waals surface area contributed by atoms with Crippen molar-refractivity contribution in [1.82, 2.24) is 10.2 Å². The van der Waals surface area contributed by atoms with Crippen molar-refractivity contribution >= 4 is 56.4 Å². The number of para-hydroxylation sites is 1. The first-order valence-corrected chi connectivity index (χ1v) is 11.3. The third-order valence-electron chi connectivity index (χ3n) is 4.35. The second-order valence-electron chi connectivity index (χ2n) is 6.30. The van der Waals surface area contributed by atoms with Crippen LogP contribution in [0.1, 0.15) is 39.9 Å². The van der Waals surface area contributed by atoms with E-state index >= 15 is 0 Å². The zero-order valence-corrected chi connectivity index (χ0v) is 16.6. The topological polar surface area (TPSA) is 68.0 Å². The van der Waals surface area contributed by atoms with Crippen LogP contribution in [-0.4, -0.2) is 16.1 Å². The van der Waals surface area contributed by atoms with Gasteiger partial charge in [0.2, 0.25) is 5.13 Å². The third-order valence-corrected chi connectivity index (χ3v) is 7.50. The number of carbonyl (C=O) groups is 1. The van der Waals surface area contributed by atoms with Gasteiger partial charge in [-0.3, -0.25) is 10.1 Å².